The van der Waals surface area contributed by atoms with Crippen LogP contribution in [0.5, 0.6) is 0 Å². The zero-order valence-electron chi connectivity index (χ0n) is 4.27. The third kappa shape index (κ3) is 0.300. The zero-order valence-corrected chi connectivity index (χ0v) is 4.27. The van der Waals surface area contributed by atoms with E-state index in [1.807, 2.05) is 6.08 Å². The molecule has 2 rings (SSSR count). The van der Waals surface area contributed by atoms with Gasteiger partial charge in [-0.3, -0.25) is 4.79 Å². The molecule has 0 aromatic heterocycles. The van der Waals surface area contributed by atoms with Gasteiger partial charge in [0, 0.05) is 12.0 Å². The van der Waals surface area contributed by atoms with E-state index in [0.717, 1.165) is 17.6 Å². The quantitative estimate of drug-likeness (QED) is 0.419. The van der Waals surface area contributed by atoms with Crippen LogP contribution in [0.1, 0.15) is 6.42 Å². The smallest absolute Gasteiger partial charge is 0.190 e. The Morgan fingerprint density at radius 1 is 1.62 bits per heavy atom. The van der Waals surface area contributed by atoms with Gasteiger partial charge in [0.2, 0.25) is 0 Å². The molecule has 2 aliphatic rings. The van der Waals surface area contributed by atoms with Gasteiger partial charge in [0.15, 0.2) is 5.78 Å². The van der Waals surface area contributed by atoms with Crippen LogP contribution in [0.15, 0.2) is 29.0 Å². The topological polar surface area (TPSA) is 17.1 Å². The van der Waals surface area contributed by atoms with Crippen LogP contribution in [-0.2, 0) is 4.79 Å². The summed E-state index contributed by atoms with van der Waals surface area (Å²) in [6, 6.07) is 0. The lowest BCUT2D eigenvalue weighted by atomic mass is 10.2. The van der Waals surface area contributed by atoms with Crippen molar-refractivity contribution in [3.05, 3.63) is 29.0 Å². The third-order valence-electron chi connectivity index (χ3n) is 1.43. The average molecular weight is 104 g/mol. The van der Waals surface area contributed by atoms with Crippen LogP contribution in [0.2, 0.25) is 0 Å². The molecule has 0 aromatic rings. The van der Waals surface area contributed by atoms with Gasteiger partial charge in [-0.1, -0.05) is 0 Å². The summed E-state index contributed by atoms with van der Waals surface area (Å²) >= 11 is 0. The minimum atomic E-state index is 0.155. The maximum atomic E-state index is 10.6. The molecular formula is C7H4O. The molecule has 1 heteroatoms. The summed E-state index contributed by atoms with van der Waals surface area (Å²) in [4.78, 5) is 10.6. The van der Waals surface area contributed by atoms with E-state index in [-0.39, 0.29) is 5.78 Å². The van der Waals surface area contributed by atoms with E-state index in [4.69, 9.17) is 0 Å². The molecule has 1 nitrogen and oxygen atoms in total. The van der Waals surface area contributed by atoms with Gasteiger partial charge < -0.3 is 0 Å². The summed E-state index contributed by atoms with van der Waals surface area (Å²) in [6.07, 6.45) is 4.38. The number of fused-ring (bicyclic) bond motifs is 2. The summed E-state index contributed by atoms with van der Waals surface area (Å²) in [7, 11) is 0. The standard InChI is InChI=1S/C7H4O/c8-7-4-5-1-2-6(7)3-5/h1,4H,3H2. The molecule has 38 valence electrons. The summed E-state index contributed by atoms with van der Waals surface area (Å²) < 4.78 is 0. The zero-order chi connectivity index (χ0) is 5.56. The summed E-state index contributed by atoms with van der Waals surface area (Å²) in [5.41, 5.74) is 4.83. The van der Waals surface area contributed by atoms with E-state index >= 15 is 0 Å². The highest BCUT2D eigenvalue weighted by Crippen LogP contribution is 2.25. The lowest BCUT2D eigenvalue weighted by Crippen LogP contribution is -1.87. The molecule has 0 radical (unpaired) electrons. The van der Waals surface area contributed by atoms with Gasteiger partial charge in [0.1, 0.15) is 0 Å². The Morgan fingerprint density at radius 3 is 2.75 bits per heavy atom. The Kier molecular flexibility index (Phi) is 0.491. The third-order valence-corrected chi connectivity index (χ3v) is 1.43. The maximum absolute atomic E-state index is 10.6. The van der Waals surface area contributed by atoms with Crippen molar-refractivity contribution in [2.24, 2.45) is 0 Å². The molecule has 0 aromatic carbocycles. The van der Waals surface area contributed by atoms with Crippen LogP contribution < -0.4 is 0 Å². The molecule has 0 saturated carbocycles. The van der Waals surface area contributed by atoms with Crippen LogP contribution in [0.4, 0.5) is 0 Å². The van der Waals surface area contributed by atoms with Gasteiger partial charge in [0.25, 0.3) is 0 Å². The van der Waals surface area contributed by atoms with Crippen LogP contribution in [0.25, 0.3) is 0 Å². The number of ketones is 1. The summed E-state index contributed by atoms with van der Waals surface area (Å²) in [6.45, 7) is 0. The van der Waals surface area contributed by atoms with Crippen molar-refractivity contribution in [2.75, 3.05) is 0 Å². The SMILES string of the molecule is O=C1C=C2C=C=C1C2. The highest BCUT2D eigenvalue weighted by Gasteiger charge is 2.19. The summed E-state index contributed by atoms with van der Waals surface area (Å²) in [5.74, 6) is 0.155. The molecule has 0 unspecified atom stereocenters. The minimum absolute atomic E-state index is 0.155. The van der Waals surface area contributed by atoms with Crippen molar-refractivity contribution in [1.29, 1.82) is 0 Å². The van der Waals surface area contributed by atoms with Crippen molar-refractivity contribution in [3.8, 4) is 0 Å². The molecule has 0 fully saturated rings. The second-order valence-corrected chi connectivity index (χ2v) is 2.03. The van der Waals surface area contributed by atoms with Crippen molar-refractivity contribution < 1.29 is 4.79 Å². The molecule has 2 bridgehead atoms. The second-order valence-electron chi connectivity index (χ2n) is 2.03. The first-order chi connectivity index (χ1) is 3.86. The molecule has 0 spiro atoms. The number of carbonyl (C=O) groups is 1. The molecular weight excluding hydrogens is 100 g/mol. The number of rotatable bonds is 0. The molecule has 0 saturated heterocycles. The van der Waals surface area contributed by atoms with Crippen LogP contribution >= 0.6 is 0 Å². The normalized spacial score (nSPS) is 21.8. The fourth-order valence-corrected chi connectivity index (χ4v) is 0.992. The van der Waals surface area contributed by atoms with Crippen LogP contribution in [0.3, 0.4) is 0 Å². The van der Waals surface area contributed by atoms with E-state index in [1.54, 1.807) is 6.08 Å². The van der Waals surface area contributed by atoms with Gasteiger partial charge in [-0.15, -0.1) is 5.73 Å². The Bertz CT molecular complexity index is 250. The number of hydrogen-bond donors (Lipinski definition) is 0. The minimum Gasteiger partial charge on any atom is -0.289 e. The van der Waals surface area contributed by atoms with Crippen molar-refractivity contribution in [1.82, 2.24) is 0 Å². The fraction of sp³-hybridized carbons (Fsp3) is 0.143. The van der Waals surface area contributed by atoms with E-state index in [0.29, 0.717) is 0 Å². The molecule has 2 aliphatic carbocycles. The predicted molar refractivity (Wildman–Crippen MR) is 29.3 cm³/mol. The molecule has 0 N–H and O–H groups in total. The van der Waals surface area contributed by atoms with Crippen molar-refractivity contribution in [2.45, 2.75) is 6.42 Å². The van der Waals surface area contributed by atoms with E-state index < -0.39 is 0 Å². The lowest BCUT2D eigenvalue weighted by Gasteiger charge is -1.79. The molecule has 8 heavy (non-hydrogen) atoms. The van der Waals surface area contributed by atoms with Gasteiger partial charge >= 0.3 is 0 Å². The van der Waals surface area contributed by atoms with E-state index in [2.05, 4.69) is 5.73 Å². The predicted octanol–water partition coefficient (Wildman–Crippen LogP) is 0.981. The molecule has 0 heterocycles. The number of hydrogen-bond acceptors (Lipinski definition) is 1. The lowest BCUT2D eigenvalue weighted by molar-refractivity contribution is -0.111. The summed E-state index contributed by atoms with van der Waals surface area (Å²) in [5, 5.41) is 0. The fourth-order valence-electron chi connectivity index (χ4n) is 0.992. The van der Waals surface area contributed by atoms with Crippen molar-refractivity contribution >= 4 is 5.78 Å². The van der Waals surface area contributed by atoms with Gasteiger partial charge in [0.05, 0.1) is 0 Å². The monoisotopic (exact) mass is 104 g/mol. The first-order valence-corrected chi connectivity index (χ1v) is 2.57. The number of carbonyl (C=O) groups excluding carboxylic acids is 1. The van der Waals surface area contributed by atoms with Gasteiger partial charge in [-0.2, -0.15) is 0 Å². The Labute approximate surface area is 47.0 Å². The van der Waals surface area contributed by atoms with Crippen LogP contribution in [-0.4, -0.2) is 5.78 Å². The maximum Gasteiger partial charge on any atom is 0.190 e. The van der Waals surface area contributed by atoms with E-state index in [9.17, 15) is 4.79 Å². The van der Waals surface area contributed by atoms with E-state index in [1.165, 1.54) is 0 Å². The Morgan fingerprint density at radius 2 is 2.50 bits per heavy atom. The van der Waals surface area contributed by atoms with Gasteiger partial charge in [-0.05, 0) is 17.7 Å². The Balaban J connectivity index is 2.72. The Hall–Kier alpha value is -1.07. The van der Waals surface area contributed by atoms with Gasteiger partial charge in [-0.25, -0.2) is 0 Å². The molecule has 0 amide bonds. The highest BCUT2D eigenvalue weighted by atomic mass is 16.1. The average Bonchev–Trinajstić information content (AvgIpc) is 2.23. The second kappa shape index (κ2) is 1.01. The molecule has 0 aliphatic heterocycles. The highest BCUT2D eigenvalue weighted by molar-refractivity contribution is 6.09. The first kappa shape index (κ1) is 3.88. The van der Waals surface area contributed by atoms with Crippen LogP contribution in [0, 0.1) is 0 Å². The largest absolute Gasteiger partial charge is 0.289 e. The van der Waals surface area contributed by atoms with Crippen molar-refractivity contribution in [3.63, 3.8) is 0 Å². The number of allylic oxidation sites excluding steroid dienone is 3. The first-order valence-electron chi connectivity index (χ1n) is 2.57. The molecule has 0 atom stereocenters.